The molecule has 1 aliphatic rings. The Morgan fingerprint density at radius 2 is 2.00 bits per heavy atom. The molecule has 6 nitrogen and oxygen atoms in total. The zero-order chi connectivity index (χ0) is 18.2. The summed E-state index contributed by atoms with van der Waals surface area (Å²) in [6.45, 7) is 4.40. The Bertz CT molecular complexity index is 774. The molecule has 0 saturated heterocycles. The van der Waals surface area contributed by atoms with Gasteiger partial charge in [-0.15, -0.1) is 24.0 Å². The minimum atomic E-state index is -0.257. The molecule has 2 aromatic carbocycles. The third-order valence-corrected chi connectivity index (χ3v) is 3.66. The topological polar surface area (TPSA) is 64.1 Å². The number of nitrogens with one attached hydrogen (secondary N) is 2. The number of halogens is 2. The highest BCUT2D eigenvalue weighted by Gasteiger charge is 2.13. The van der Waals surface area contributed by atoms with E-state index >= 15 is 0 Å². The maximum atomic E-state index is 13.2. The van der Waals surface area contributed by atoms with Gasteiger partial charge in [0, 0.05) is 12.6 Å². The van der Waals surface area contributed by atoms with Gasteiger partial charge < -0.3 is 24.8 Å². The standard InChI is InChI=1S/C19H22FN3O3.HI/c1-2-21-19(23-12-14-4-3-5-15(20)10-14)22-8-9-24-16-6-7-17-18(11-16)26-13-25-17;/h3-7,10-11H,2,8-9,12-13H2,1H3,(H2,21,22,23);1H. The van der Waals surface area contributed by atoms with Crippen molar-refractivity contribution < 1.29 is 18.6 Å². The summed E-state index contributed by atoms with van der Waals surface area (Å²) in [5.41, 5.74) is 0.818. The molecule has 2 N–H and O–H groups in total. The van der Waals surface area contributed by atoms with Crippen molar-refractivity contribution >= 4 is 29.9 Å². The van der Waals surface area contributed by atoms with Crippen molar-refractivity contribution in [3.8, 4) is 17.2 Å². The molecule has 0 spiro atoms. The lowest BCUT2D eigenvalue weighted by Gasteiger charge is -2.12. The van der Waals surface area contributed by atoms with Crippen molar-refractivity contribution in [1.82, 2.24) is 10.6 Å². The van der Waals surface area contributed by atoms with Gasteiger partial charge in [0.05, 0.1) is 13.1 Å². The molecule has 0 unspecified atom stereocenters. The first-order valence-corrected chi connectivity index (χ1v) is 8.53. The third-order valence-electron chi connectivity index (χ3n) is 3.66. The molecule has 0 amide bonds. The van der Waals surface area contributed by atoms with Crippen LogP contribution in [0.1, 0.15) is 12.5 Å². The van der Waals surface area contributed by atoms with Crippen LogP contribution in [0.15, 0.2) is 47.5 Å². The van der Waals surface area contributed by atoms with Gasteiger partial charge in [0.2, 0.25) is 6.79 Å². The summed E-state index contributed by atoms with van der Waals surface area (Å²) < 4.78 is 29.5. The first kappa shape index (κ1) is 21.1. The monoisotopic (exact) mass is 487 g/mol. The van der Waals surface area contributed by atoms with Crippen LogP contribution in [-0.2, 0) is 6.54 Å². The van der Waals surface area contributed by atoms with Crippen LogP contribution in [0.25, 0.3) is 0 Å². The number of guanidine groups is 1. The predicted octanol–water partition coefficient (Wildman–Crippen LogP) is 3.31. The Labute approximate surface area is 175 Å². The molecule has 0 radical (unpaired) electrons. The van der Waals surface area contributed by atoms with Gasteiger partial charge in [0.1, 0.15) is 18.2 Å². The van der Waals surface area contributed by atoms with Crippen LogP contribution in [0.3, 0.4) is 0 Å². The highest BCUT2D eigenvalue weighted by atomic mass is 127. The lowest BCUT2D eigenvalue weighted by Crippen LogP contribution is -2.39. The Morgan fingerprint density at radius 3 is 2.81 bits per heavy atom. The van der Waals surface area contributed by atoms with Crippen molar-refractivity contribution in [3.63, 3.8) is 0 Å². The zero-order valence-corrected chi connectivity index (χ0v) is 17.4. The number of ether oxygens (including phenoxy) is 3. The van der Waals surface area contributed by atoms with Crippen molar-refractivity contribution in [2.75, 3.05) is 26.5 Å². The molecular formula is C19H23FIN3O3. The number of rotatable bonds is 7. The predicted molar refractivity (Wildman–Crippen MR) is 113 cm³/mol. The van der Waals surface area contributed by atoms with E-state index in [1.54, 1.807) is 6.07 Å². The van der Waals surface area contributed by atoms with Gasteiger partial charge >= 0.3 is 0 Å². The summed E-state index contributed by atoms with van der Waals surface area (Å²) >= 11 is 0. The Morgan fingerprint density at radius 1 is 1.15 bits per heavy atom. The molecule has 146 valence electrons. The van der Waals surface area contributed by atoms with Crippen molar-refractivity contribution in [3.05, 3.63) is 53.8 Å². The van der Waals surface area contributed by atoms with E-state index in [9.17, 15) is 4.39 Å². The molecule has 0 aliphatic carbocycles. The van der Waals surface area contributed by atoms with Crippen molar-refractivity contribution in [2.24, 2.45) is 4.99 Å². The first-order valence-electron chi connectivity index (χ1n) is 8.53. The number of nitrogens with zero attached hydrogens (tertiary/aromatic N) is 1. The van der Waals surface area contributed by atoms with E-state index in [0.717, 1.165) is 23.6 Å². The highest BCUT2D eigenvalue weighted by Crippen LogP contribution is 2.34. The van der Waals surface area contributed by atoms with Crippen LogP contribution < -0.4 is 24.8 Å². The molecule has 0 fully saturated rings. The lowest BCUT2D eigenvalue weighted by molar-refractivity contribution is 0.173. The van der Waals surface area contributed by atoms with Gasteiger partial charge in [-0.2, -0.15) is 0 Å². The molecule has 0 aromatic heterocycles. The maximum absolute atomic E-state index is 13.2. The molecule has 8 heteroatoms. The summed E-state index contributed by atoms with van der Waals surface area (Å²) in [7, 11) is 0. The van der Waals surface area contributed by atoms with E-state index in [2.05, 4.69) is 15.6 Å². The number of aliphatic imine (C=N–C) groups is 1. The van der Waals surface area contributed by atoms with Gasteiger partial charge in [0.25, 0.3) is 0 Å². The summed E-state index contributed by atoms with van der Waals surface area (Å²) in [4.78, 5) is 4.45. The van der Waals surface area contributed by atoms with E-state index in [1.807, 2.05) is 31.2 Å². The summed E-state index contributed by atoms with van der Waals surface area (Å²) in [5, 5.41) is 6.35. The lowest BCUT2D eigenvalue weighted by atomic mass is 10.2. The number of fused-ring (bicyclic) bond motifs is 1. The second-order valence-electron chi connectivity index (χ2n) is 5.62. The molecule has 3 rings (SSSR count). The number of hydrogen-bond acceptors (Lipinski definition) is 4. The molecular weight excluding hydrogens is 464 g/mol. The Hall–Kier alpha value is -2.23. The molecule has 2 aromatic rings. The van der Waals surface area contributed by atoms with E-state index in [1.165, 1.54) is 12.1 Å². The number of benzene rings is 2. The van der Waals surface area contributed by atoms with Gasteiger partial charge in [-0.1, -0.05) is 12.1 Å². The molecule has 1 aliphatic heterocycles. The first-order chi connectivity index (χ1) is 12.7. The van der Waals surface area contributed by atoms with Crippen LogP contribution >= 0.6 is 24.0 Å². The average molecular weight is 487 g/mol. The number of hydrogen-bond donors (Lipinski definition) is 2. The van der Waals surface area contributed by atoms with E-state index in [-0.39, 0.29) is 36.6 Å². The fraction of sp³-hybridized carbons (Fsp3) is 0.316. The largest absolute Gasteiger partial charge is 0.492 e. The van der Waals surface area contributed by atoms with E-state index in [0.29, 0.717) is 31.4 Å². The molecule has 0 atom stereocenters. The molecule has 27 heavy (non-hydrogen) atoms. The minimum absolute atomic E-state index is 0. The quantitative estimate of drug-likeness (QED) is 0.272. The van der Waals surface area contributed by atoms with Crippen LogP contribution in [0, 0.1) is 5.82 Å². The molecule has 0 saturated carbocycles. The average Bonchev–Trinajstić information content (AvgIpc) is 3.11. The second-order valence-corrected chi connectivity index (χ2v) is 5.62. The van der Waals surface area contributed by atoms with Crippen LogP contribution in [0.2, 0.25) is 0 Å². The van der Waals surface area contributed by atoms with Gasteiger partial charge in [-0.3, -0.25) is 0 Å². The smallest absolute Gasteiger partial charge is 0.231 e. The SMILES string of the molecule is CCNC(=NCc1cccc(F)c1)NCCOc1ccc2c(c1)OCO2.I. The van der Waals surface area contributed by atoms with E-state index in [4.69, 9.17) is 14.2 Å². The molecule has 1 heterocycles. The second kappa shape index (κ2) is 10.8. The highest BCUT2D eigenvalue weighted by molar-refractivity contribution is 14.0. The minimum Gasteiger partial charge on any atom is -0.492 e. The van der Waals surface area contributed by atoms with Gasteiger partial charge in [-0.05, 0) is 36.8 Å². The maximum Gasteiger partial charge on any atom is 0.231 e. The van der Waals surface area contributed by atoms with Crippen LogP contribution in [0.4, 0.5) is 4.39 Å². The van der Waals surface area contributed by atoms with Crippen molar-refractivity contribution in [2.45, 2.75) is 13.5 Å². The van der Waals surface area contributed by atoms with Gasteiger partial charge in [0.15, 0.2) is 17.5 Å². The summed E-state index contributed by atoms with van der Waals surface area (Å²) in [5.74, 6) is 2.55. The fourth-order valence-electron chi connectivity index (χ4n) is 2.45. The van der Waals surface area contributed by atoms with Crippen LogP contribution in [-0.4, -0.2) is 32.4 Å². The van der Waals surface area contributed by atoms with Crippen LogP contribution in [0.5, 0.6) is 17.2 Å². The van der Waals surface area contributed by atoms with Crippen molar-refractivity contribution in [1.29, 1.82) is 0 Å². The van der Waals surface area contributed by atoms with Gasteiger partial charge in [-0.25, -0.2) is 9.38 Å². The summed E-state index contributed by atoms with van der Waals surface area (Å²) in [6, 6.07) is 11.9. The van der Waals surface area contributed by atoms with E-state index < -0.39 is 0 Å². The third kappa shape index (κ3) is 6.46. The molecule has 0 bridgehead atoms. The summed E-state index contributed by atoms with van der Waals surface area (Å²) in [6.07, 6.45) is 0. The Balaban J connectivity index is 0.00000261. The zero-order valence-electron chi connectivity index (χ0n) is 15.0. The Kier molecular flexibility index (Phi) is 8.43. The normalized spacial score (nSPS) is 12.3. The fourth-order valence-corrected chi connectivity index (χ4v) is 2.45.